The van der Waals surface area contributed by atoms with Crippen LogP contribution in [0, 0.1) is 11.3 Å². The van der Waals surface area contributed by atoms with Gasteiger partial charge in [0.25, 0.3) is 14.4 Å². The number of nitrogens with zero attached hydrogens (tertiary/aromatic N) is 3. The summed E-state index contributed by atoms with van der Waals surface area (Å²) in [5.74, 6) is -0.272. The summed E-state index contributed by atoms with van der Waals surface area (Å²) >= 11 is 0.766. The van der Waals surface area contributed by atoms with Crippen LogP contribution in [0.2, 0.25) is 0 Å². The largest absolute Gasteiger partial charge is 0.301 e. The Balaban J connectivity index is 2.12. The highest BCUT2D eigenvalue weighted by molar-refractivity contribution is 7.94. The number of aromatic nitrogens is 2. The number of rotatable bonds is 6. The predicted octanol–water partition coefficient (Wildman–Crippen LogP) is 1.75. The number of sulfonamides is 1. The number of carbonyl (C=O) groups is 1. The average molecular weight is 351 g/mol. The normalized spacial score (nSPS) is 10.8. The van der Waals surface area contributed by atoms with Crippen molar-refractivity contribution in [2.75, 3.05) is 10.0 Å². The van der Waals surface area contributed by atoms with E-state index in [0.717, 1.165) is 16.9 Å². The standard InChI is InChI=1S/C13H13N5O3S2/c1-2-11(19)15-12-16-17-13(22-12)23(20,21)18-10-5-3-9(4-6-10)7-8-14/h3-6,18H,2,7H2,1H3,(H,15,16,19). The first kappa shape index (κ1) is 16.9. The lowest BCUT2D eigenvalue weighted by Crippen LogP contribution is -2.12. The Morgan fingerprint density at radius 3 is 2.61 bits per heavy atom. The molecule has 0 saturated heterocycles. The molecule has 0 aliphatic carbocycles. The average Bonchev–Trinajstić information content (AvgIpc) is 2.98. The van der Waals surface area contributed by atoms with Gasteiger partial charge in [0.15, 0.2) is 0 Å². The highest BCUT2D eigenvalue weighted by Crippen LogP contribution is 2.22. The number of hydrogen-bond acceptors (Lipinski definition) is 7. The van der Waals surface area contributed by atoms with Gasteiger partial charge < -0.3 is 5.32 Å². The number of hydrogen-bond donors (Lipinski definition) is 2. The third kappa shape index (κ3) is 4.48. The molecule has 0 aliphatic heterocycles. The van der Waals surface area contributed by atoms with E-state index >= 15 is 0 Å². The second-order valence-electron chi connectivity index (χ2n) is 4.41. The minimum atomic E-state index is -3.88. The zero-order valence-electron chi connectivity index (χ0n) is 12.1. The molecule has 1 aromatic heterocycles. The van der Waals surface area contributed by atoms with E-state index in [-0.39, 0.29) is 28.2 Å². The molecule has 0 saturated carbocycles. The Morgan fingerprint density at radius 1 is 1.30 bits per heavy atom. The highest BCUT2D eigenvalue weighted by atomic mass is 32.2. The lowest BCUT2D eigenvalue weighted by atomic mass is 10.1. The molecule has 23 heavy (non-hydrogen) atoms. The van der Waals surface area contributed by atoms with Gasteiger partial charge in [0.1, 0.15) is 0 Å². The lowest BCUT2D eigenvalue weighted by molar-refractivity contribution is -0.115. The van der Waals surface area contributed by atoms with E-state index in [2.05, 4.69) is 20.2 Å². The van der Waals surface area contributed by atoms with Crippen molar-refractivity contribution in [3.63, 3.8) is 0 Å². The van der Waals surface area contributed by atoms with Gasteiger partial charge in [-0.25, -0.2) is 0 Å². The van der Waals surface area contributed by atoms with Crippen LogP contribution in [0.3, 0.4) is 0 Å². The van der Waals surface area contributed by atoms with E-state index in [1.165, 1.54) is 0 Å². The number of benzene rings is 1. The summed E-state index contributed by atoms with van der Waals surface area (Å²) in [5.41, 5.74) is 1.14. The summed E-state index contributed by atoms with van der Waals surface area (Å²) in [5, 5.41) is 18.4. The zero-order valence-corrected chi connectivity index (χ0v) is 13.7. The first-order chi connectivity index (χ1) is 10.9. The van der Waals surface area contributed by atoms with Crippen LogP contribution >= 0.6 is 11.3 Å². The minimum absolute atomic E-state index is 0.126. The number of nitriles is 1. The Kier molecular flexibility index (Phi) is 5.25. The van der Waals surface area contributed by atoms with Gasteiger partial charge in [-0.05, 0) is 17.7 Å². The minimum Gasteiger partial charge on any atom is -0.301 e. The number of amides is 1. The Labute approximate surface area is 137 Å². The molecule has 8 nitrogen and oxygen atoms in total. The Bertz CT molecular complexity index is 837. The van der Waals surface area contributed by atoms with Crippen LogP contribution in [0.15, 0.2) is 28.6 Å². The molecule has 2 aromatic rings. The van der Waals surface area contributed by atoms with E-state index in [0.29, 0.717) is 5.69 Å². The molecule has 0 radical (unpaired) electrons. The Hall–Kier alpha value is -2.51. The second kappa shape index (κ2) is 7.17. The van der Waals surface area contributed by atoms with Crippen molar-refractivity contribution in [3.8, 4) is 6.07 Å². The molecule has 0 spiro atoms. The Morgan fingerprint density at radius 2 is 2.00 bits per heavy atom. The molecule has 2 rings (SSSR count). The van der Waals surface area contributed by atoms with Gasteiger partial charge in [0.2, 0.25) is 11.0 Å². The fourth-order valence-electron chi connectivity index (χ4n) is 1.56. The van der Waals surface area contributed by atoms with Gasteiger partial charge in [-0.3, -0.25) is 9.52 Å². The van der Waals surface area contributed by atoms with Gasteiger partial charge in [0.05, 0.1) is 12.5 Å². The van der Waals surface area contributed by atoms with Gasteiger partial charge in [-0.1, -0.05) is 30.4 Å². The van der Waals surface area contributed by atoms with Crippen molar-refractivity contribution in [2.45, 2.75) is 24.1 Å². The summed E-state index contributed by atoms with van der Waals surface area (Å²) in [6, 6.07) is 8.45. The van der Waals surface area contributed by atoms with Crippen molar-refractivity contribution < 1.29 is 13.2 Å². The molecule has 1 aromatic carbocycles. The number of nitrogens with one attached hydrogen (secondary N) is 2. The maximum Gasteiger partial charge on any atom is 0.291 e. The van der Waals surface area contributed by atoms with Gasteiger partial charge in [-0.2, -0.15) is 13.7 Å². The third-order valence-corrected chi connectivity index (χ3v) is 5.28. The third-order valence-electron chi connectivity index (χ3n) is 2.69. The van der Waals surface area contributed by atoms with E-state index in [1.54, 1.807) is 31.2 Å². The summed E-state index contributed by atoms with van der Waals surface area (Å²) in [7, 11) is -3.88. The molecule has 120 valence electrons. The molecule has 0 unspecified atom stereocenters. The first-order valence-electron chi connectivity index (χ1n) is 6.56. The number of anilines is 2. The van der Waals surface area contributed by atoms with Crippen molar-refractivity contribution in [3.05, 3.63) is 29.8 Å². The monoisotopic (exact) mass is 351 g/mol. The van der Waals surface area contributed by atoms with Gasteiger partial charge in [-0.15, -0.1) is 10.2 Å². The van der Waals surface area contributed by atoms with Crippen molar-refractivity contribution in [1.82, 2.24) is 10.2 Å². The highest BCUT2D eigenvalue weighted by Gasteiger charge is 2.21. The molecule has 0 fully saturated rings. The molecule has 0 bridgehead atoms. The van der Waals surface area contributed by atoms with E-state index < -0.39 is 10.0 Å². The van der Waals surface area contributed by atoms with E-state index in [1.807, 2.05) is 6.07 Å². The molecule has 1 heterocycles. The predicted molar refractivity (Wildman–Crippen MR) is 85.4 cm³/mol. The van der Waals surface area contributed by atoms with Crippen molar-refractivity contribution in [2.24, 2.45) is 0 Å². The number of carbonyl (C=O) groups excluding carboxylic acids is 1. The molecule has 0 atom stereocenters. The van der Waals surface area contributed by atoms with Gasteiger partial charge >= 0.3 is 0 Å². The van der Waals surface area contributed by atoms with Crippen molar-refractivity contribution in [1.29, 1.82) is 5.26 Å². The van der Waals surface area contributed by atoms with Crippen LogP contribution in [-0.2, 0) is 21.2 Å². The fourth-order valence-corrected chi connectivity index (χ4v) is 3.53. The fraction of sp³-hybridized carbons (Fsp3) is 0.231. The maximum atomic E-state index is 12.2. The molecule has 2 N–H and O–H groups in total. The molecular weight excluding hydrogens is 338 g/mol. The topological polar surface area (TPSA) is 125 Å². The van der Waals surface area contributed by atoms with Crippen molar-refractivity contribution >= 4 is 38.1 Å². The molecule has 0 aliphatic rings. The first-order valence-corrected chi connectivity index (χ1v) is 8.86. The maximum absolute atomic E-state index is 12.2. The summed E-state index contributed by atoms with van der Waals surface area (Å²) < 4.78 is 26.5. The second-order valence-corrected chi connectivity index (χ2v) is 7.25. The summed E-state index contributed by atoms with van der Waals surface area (Å²) in [4.78, 5) is 11.3. The zero-order chi connectivity index (χ0) is 16.9. The molecular formula is C13H13N5O3S2. The SMILES string of the molecule is CCC(=O)Nc1nnc(S(=O)(=O)Nc2ccc(CC#N)cc2)s1. The van der Waals surface area contributed by atoms with Crippen LogP contribution in [0.25, 0.3) is 0 Å². The van der Waals surface area contributed by atoms with Crippen LogP contribution in [0.1, 0.15) is 18.9 Å². The molecule has 1 amide bonds. The van der Waals surface area contributed by atoms with E-state index in [4.69, 9.17) is 5.26 Å². The lowest BCUT2D eigenvalue weighted by Gasteiger charge is -2.05. The van der Waals surface area contributed by atoms with Crippen LogP contribution < -0.4 is 10.0 Å². The molecule has 10 heteroatoms. The quantitative estimate of drug-likeness (QED) is 0.764. The van der Waals surface area contributed by atoms with Crippen LogP contribution in [0.4, 0.5) is 10.8 Å². The smallest absolute Gasteiger partial charge is 0.291 e. The summed E-state index contributed by atoms with van der Waals surface area (Å²) in [6.45, 7) is 1.67. The summed E-state index contributed by atoms with van der Waals surface area (Å²) in [6.07, 6.45) is 0.513. The van der Waals surface area contributed by atoms with Crippen LogP contribution in [-0.4, -0.2) is 24.5 Å². The van der Waals surface area contributed by atoms with E-state index in [9.17, 15) is 13.2 Å². The van der Waals surface area contributed by atoms with Gasteiger partial charge in [0, 0.05) is 12.1 Å². The van der Waals surface area contributed by atoms with Crippen LogP contribution in [0.5, 0.6) is 0 Å².